The van der Waals surface area contributed by atoms with Crippen molar-refractivity contribution in [3.63, 3.8) is 0 Å². The van der Waals surface area contributed by atoms with E-state index < -0.39 is 12.0 Å². The number of aromatic nitrogens is 2. The summed E-state index contributed by atoms with van der Waals surface area (Å²) >= 11 is 0. The van der Waals surface area contributed by atoms with Gasteiger partial charge in [0.05, 0.1) is 17.9 Å². The van der Waals surface area contributed by atoms with E-state index >= 15 is 0 Å². The first-order chi connectivity index (χ1) is 14.5. The molecule has 0 aliphatic rings. The van der Waals surface area contributed by atoms with Crippen molar-refractivity contribution in [2.75, 3.05) is 11.9 Å². The normalized spacial score (nSPS) is 11.5. The largest absolute Gasteiger partial charge is 0.462 e. The Morgan fingerprint density at radius 3 is 2.33 bits per heavy atom. The summed E-state index contributed by atoms with van der Waals surface area (Å²) < 4.78 is 6.16. The third kappa shape index (κ3) is 4.81. The third-order valence-electron chi connectivity index (χ3n) is 4.54. The highest BCUT2D eigenvalue weighted by Crippen LogP contribution is 2.18. The molecule has 0 saturated carbocycles. The van der Waals surface area contributed by atoms with E-state index in [9.17, 15) is 14.4 Å². The zero-order valence-corrected chi connectivity index (χ0v) is 16.9. The van der Waals surface area contributed by atoms with E-state index in [4.69, 9.17) is 4.74 Å². The summed E-state index contributed by atoms with van der Waals surface area (Å²) in [5.41, 5.74) is 2.03. The lowest BCUT2D eigenvalue weighted by Crippen LogP contribution is -2.34. The van der Waals surface area contributed by atoms with Gasteiger partial charge in [-0.15, -0.1) is 0 Å². The van der Waals surface area contributed by atoms with Crippen LogP contribution in [0.5, 0.6) is 0 Å². The predicted molar refractivity (Wildman–Crippen MR) is 114 cm³/mol. The van der Waals surface area contributed by atoms with Gasteiger partial charge in [0.15, 0.2) is 0 Å². The molecule has 1 amide bonds. The van der Waals surface area contributed by atoms with Crippen LogP contribution in [0.25, 0.3) is 11.3 Å². The summed E-state index contributed by atoms with van der Waals surface area (Å²) in [5.74, 6) is -0.781. The maximum Gasteiger partial charge on any atom is 0.338 e. The lowest BCUT2D eigenvalue weighted by Gasteiger charge is -2.17. The number of carbonyl (C=O) groups excluding carboxylic acids is 2. The Morgan fingerprint density at radius 1 is 1.00 bits per heavy atom. The van der Waals surface area contributed by atoms with E-state index in [1.54, 1.807) is 37.3 Å². The van der Waals surface area contributed by atoms with Crippen LogP contribution in [-0.4, -0.2) is 28.3 Å². The van der Waals surface area contributed by atoms with Gasteiger partial charge < -0.3 is 10.1 Å². The minimum atomic E-state index is -0.772. The fourth-order valence-electron chi connectivity index (χ4n) is 3.01. The molecule has 0 unspecified atom stereocenters. The van der Waals surface area contributed by atoms with Gasteiger partial charge in [-0.25, -0.2) is 9.48 Å². The molecule has 0 radical (unpaired) electrons. The van der Waals surface area contributed by atoms with Crippen molar-refractivity contribution >= 4 is 17.6 Å². The van der Waals surface area contributed by atoms with E-state index in [-0.39, 0.29) is 11.5 Å². The molecule has 7 nitrogen and oxygen atoms in total. The molecule has 1 aromatic heterocycles. The average molecular weight is 405 g/mol. The van der Waals surface area contributed by atoms with Crippen molar-refractivity contribution in [1.82, 2.24) is 9.78 Å². The maximum absolute atomic E-state index is 12.9. The summed E-state index contributed by atoms with van der Waals surface area (Å²) in [6.07, 6.45) is 0.387. The number of ether oxygens (including phenoxy) is 1. The molecule has 2 aromatic carbocycles. The number of esters is 1. The quantitative estimate of drug-likeness (QED) is 0.606. The number of amides is 1. The zero-order chi connectivity index (χ0) is 21.5. The van der Waals surface area contributed by atoms with Gasteiger partial charge in [-0.1, -0.05) is 37.3 Å². The van der Waals surface area contributed by atoms with Crippen LogP contribution in [0.1, 0.15) is 36.7 Å². The van der Waals surface area contributed by atoms with Gasteiger partial charge >= 0.3 is 5.97 Å². The Balaban J connectivity index is 1.81. The van der Waals surface area contributed by atoms with E-state index in [2.05, 4.69) is 10.4 Å². The minimum Gasteiger partial charge on any atom is -0.462 e. The van der Waals surface area contributed by atoms with Gasteiger partial charge in [-0.2, -0.15) is 5.10 Å². The second-order valence-corrected chi connectivity index (χ2v) is 6.58. The third-order valence-corrected chi connectivity index (χ3v) is 4.54. The van der Waals surface area contributed by atoms with E-state index in [0.29, 0.717) is 30.0 Å². The van der Waals surface area contributed by atoms with Gasteiger partial charge in [-0.3, -0.25) is 9.59 Å². The lowest BCUT2D eigenvalue weighted by atomic mass is 10.1. The molecule has 0 aliphatic heterocycles. The summed E-state index contributed by atoms with van der Waals surface area (Å²) in [6.45, 7) is 3.84. The van der Waals surface area contributed by atoms with Gasteiger partial charge in [0.1, 0.15) is 6.04 Å². The molecule has 0 aliphatic carbocycles. The van der Waals surface area contributed by atoms with Crippen LogP contribution in [-0.2, 0) is 9.53 Å². The summed E-state index contributed by atoms with van der Waals surface area (Å²) in [4.78, 5) is 37.0. The van der Waals surface area contributed by atoms with Crippen molar-refractivity contribution in [2.45, 2.75) is 26.3 Å². The Labute approximate surface area is 174 Å². The van der Waals surface area contributed by atoms with Crippen LogP contribution in [0.4, 0.5) is 5.69 Å². The predicted octanol–water partition coefficient (Wildman–Crippen LogP) is 3.68. The standard InChI is InChI=1S/C23H23N3O4/c1-3-20(22(28)24-18-12-10-17(11-13-18)23(29)30-4-2)26-21(27)15-14-19(25-26)16-8-6-5-7-9-16/h5-15,20H,3-4H2,1-2H3,(H,24,28)/t20-/m1/s1. The molecule has 7 heteroatoms. The Morgan fingerprint density at radius 2 is 1.70 bits per heavy atom. The maximum atomic E-state index is 12.9. The smallest absolute Gasteiger partial charge is 0.338 e. The van der Waals surface area contributed by atoms with Crippen molar-refractivity contribution < 1.29 is 14.3 Å². The molecule has 0 bridgehead atoms. The van der Waals surface area contributed by atoms with Crippen molar-refractivity contribution in [1.29, 1.82) is 0 Å². The number of nitrogens with zero attached hydrogens (tertiary/aromatic N) is 2. The number of benzene rings is 2. The first kappa shape index (κ1) is 21.0. The molecule has 1 atom stereocenters. The van der Waals surface area contributed by atoms with Gasteiger partial charge in [0.2, 0.25) is 5.91 Å². The number of hydrogen-bond acceptors (Lipinski definition) is 5. The number of anilines is 1. The molecule has 30 heavy (non-hydrogen) atoms. The van der Waals surface area contributed by atoms with Crippen LogP contribution in [0.2, 0.25) is 0 Å². The van der Waals surface area contributed by atoms with Gasteiger partial charge in [0, 0.05) is 17.3 Å². The fraction of sp³-hybridized carbons (Fsp3) is 0.217. The highest BCUT2D eigenvalue weighted by molar-refractivity contribution is 5.95. The molecule has 3 aromatic rings. The van der Waals surface area contributed by atoms with Crippen LogP contribution in [0, 0.1) is 0 Å². The number of hydrogen-bond donors (Lipinski definition) is 1. The van der Waals surface area contributed by atoms with Crippen LogP contribution < -0.4 is 10.9 Å². The average Bonchev–Trinajstić information content (AvgIpc) is 2.77. The van der Waals surface area contributed by atoms with Crippen molar-refractivity contribution in [2.24, 2.45) is 0 Å². The van der Waals surface area contributed by atoms with Gasteiger partial charge in [0.25, 0.3) is 5.56 Å². The molecule has 1 N–H and O–H groups in total. The molecular formula is C23H23N3O4. The SMILES string of the molecule is CCOC(=O)c1ccc(NC(=O)[C@@H](CC)n2nc(-c3ccccc3)ccc2=O)cc1. The highest BCUT2D eigenvalue weighted by Gasteiger charge is 2.21. The second-order valence-electron chi connectivity index (χ2n) is 6.58. The van der Waals surface area contributed by atoms with E-state index in [1.165, 1.54) is 10.7 Å². The fourth-order valence-corrected chi connectivity index (χ4v) is 3.01. The highest BCUT2D eigenvalue weighted by atomic mass is 16.5. The molecule has 3 rings (SSSR count). The van der Waals surface area contributed by atoms with E-state index in [1.807, 2.05) is 37.3 Å². The van der Waals surface area contributed by atoms with E-state index in [0.717, 1.165) is 5.56 Å². The molecule has 154 valence electrons. The summed E-state index contributed by atoms with van der Waals surface area (Å²) in [7, 11) is 0. The molecule has 0 spiro atoms. The molecule has 1 heterocycles. The monoisotopic (exact) mass is 405 g/mol. The number of carbonyl (C=O) groups is 2. The first-order valence-corrected chi connectivity index (χ1v) is 9.76. The Bertz CT molecular complexity index is 1080. The summed E-state index contributed by atoms with van der Waals surface area (Å²) in [6, 6.07) is 18.1. The van der Waals surface area contributed by atoms with Crippen molar-refractivity contribution in [3.05, 3.63) is 82.6 Å². The zero-order valence-electron chi connectivity index (χ0n) is 16.9. The lowest BCUT2D eigenvalue weighted by molar-refractivity contribution is -0.119. The minimum absolute atomic E-state index is 0.291. The van der Waals surface area contributed by atoms with Crippen LogP contribution in [0.15, 0.2) is 71.5 Å². The van der Waals surface area contributed by atoms with Gasteiger partial charge in [-0.05, 0) is 43.7 Å². The number of rotatable bonds is 7. The van der Waals surface area contributed by atoms with Crippen LogP contribution >= 0.6 is 0 Å². The molecular weight excluding hydrogens is 382 g/mol. The second kappa shape index (κ2) is 9.65. The molecule has 0 fully saturated rings. The Hall–Kier alpha value is -3.74. The first-order valence-electron chi connectivity index (χ1n) is 9.76. The van der Waals surface area contributed by atoms with Crippen molar-refractivity contribution in [3.8, 4) is 11.3 Å². The molecule has 0 saturated heterocycles. The van der Waals surface area contributed by atoms with Crippen LogP contribution in [0.3, 0.4) is 0 Å². The number of nitrogens with one attached hydrogen (secondary N) is 1. The Kier molecular flexibility index (Phi) is 6.75. The summed E-state index contributed by atoms with van der Waals surface area (Å²) in [5, 5.41) is 7.20. The topological polar surface area (TPSA) is 90.3 Å².